The van der Waals surface area contributed by atoms with E-state index in [0.29, 0.717) is 19.0 Å². The highest BCUT2D eigenvalue weighted by molar-refractivity contribution is 7.89. The maximum atomic E-state index is 12.5. The van der Waals surface area contributed by atoms with E-state index in [2.05, 4.69) is 4.98 Å². The second kappa shape index (κ2) is 7.33. The van der Waals surface area contributed by atoms with E-state index in [4.69, 9.17) is 5.73 Å². The molecule has 1 aromatic heterocycles. The SMILES string of the molecule is CC(N)C1CCCN(S(=O)(=O)c2ccc(C(F)(F)F)nc2)C1.Cl. The number of nitrogens with zero attached hydrogens (tertiary/aromatic N) is 2. The Morgan fingerprint density at radius 3 is 2.52 bits per heavy atom. The molecule has 5 nitrogen and oxygen atoms in total. The summed E-state index contributed by atoms with van der Waals surface area (Å²) < 4.78 is 63.7. The first-order valence-corrected chi connectivity index (χ1v) is 8.35. The topological polar surface area (TPSA) is 76.3 Å². The van der Waals surface area contributed by atoms with Crippen molar-refractivity contribution in [2.45, 2.75) is 36.9 Å². The summed E-state index contributed by atoms with van der Waals surface area (Å²) in [5, 5.41) is 0. The number of halogens is 4. The van der Waals surface area contributed by atoms with Crippen LogP contribution in [0.25, 0.3) is 0 Å². The minimum Gasteiger partial charge on any atom is -0.328 e. The molecule has 0 amide bonds. The highest BCUT2D eigenvalue weighted by Gasteiger charge is 2.35. The van der Waals surface area contributed by atoms with Crippen LogP contribution in [-0.4, -0.2) is 36.8 Å². The minimum absolute atomic E-state index is 0. The van der Waals surface area contributed by atoms with Crippen LogP contribution in [0.3, 0.4) is 0 Å². The van der Waals surface area contributed by atoms with Gasteiger partial charge in [-0.2, -0.15) is 17.5 Å². The lowest BCUT2D eigenvalue weighted by Gasteiger charge is -2.33. The van der Waals surface area contributed by atoms with Gasteiger partial charge >= 0.3 is 6.18 Å². The first kappa shape index (κ1) is 20.1. The van der Waals surface area contributed by atoms with Crippen LogP contribution in [0.15, 0.2) is 23.2 Å². The molecule has 132 valence electrons. The largest absolute Gasteiger partial charge is 0.433 e. The Kier molecular flexibility index (Phi) is 6.42. The van der Waals surface area contributed by atoms with Crippen molar-refractivity contribution in [2.75, 3.05) is 13.1 Å². The molecule has 1 aliphatic rings. The van der Waals surface area contributed by atoms with Crippen molar-refractivity contribution >= 4 is 22.4 Å². The first-order chi connectivity index (χ1) is 10.1. The molecule has 2 atom stereocenters. The van der Waals surface area contributed by atoms with Gasteiger partial charge < -0.3 is 5.73 Å². The molecule has 2 unspecified atom stereocenters. The zero-order valence-corrected chi connectivity index (χ0v) is 14.1. The summed E-state index contributed by atoms with van der Waals surface area (Å²) in [6, 6.07) is 1.49. The van der Waals surface area contributed by atoms with Gasteiger partial charge in [-0.25, -0.2) is 8.42 Å². The normalized spacial score (nSPS) is 21.5. The van der Waals surface area contributed by atoms with Gasteiger partial charge in [-0.05, 0) is 37.8 Å². The lowest BCUT2D eigenvalue weighted by Crippen LogP contribution is -2.44. The van der Waals surface area contributed by atoms with Crippen LogP contribution in [0, 0.1) is 5.92 Å². The van der Waals surface area contributed by atoms with Gasteiger partial charge in [-0.1, -0.05) is 0 Å². The summed E-state index contributed by atoms with van der Waals surface area (Å²) in [7, 11) is -3.84. The zero-order chi connectivity index (χ0) is 16.5. The van der Waals surface area contributed by atoms with Crippen molar-refractivity contribution in [1.29, 1.82) is 0 Å². The van der Waals surface area contributed by atoms with E-state index in [1.165, 1.54) is 4.31 Å². The van der Waals surface area contributed by atoms with Crippen molar-refractivity contribution in [3.05, 3.63) is 24.0 Å². The Bertz CT molecular complexity index is 620. The van der Waals surface area contributed by atoms with Crippen LogP contribution in [0.4, 0.5) is 13.2 Å². The number of nitrogens with two attached hydrogens (primary N) is 1. The van der Waals surface area contributed by atoms with Crippen LogP contribution < -0.4 is 5.73 Å². The molecule has 0 radical (unpaired) electrons. The van der Waals surface area contributed by atoms with E-state index in [0.717, 1.165) is 18.7 Å². The molecule has 0 spiro atoms. The molecule has 1 aliphatic heterocycles. The van der Waals surface area contributed by atoms with Crippen LogP contribution in [0.1, 0.15) is 25.5 Å². The Hall–Kier alpha value is -0.900. The van der Waals surface area contributed by atoms with Crippen LogP contribution in [0.5, 0.6) is 0 Å². The van der Waals surface area contributed by atoms with Gasteiger partial charge in [0.25, 0.3) is 0 Å². The van der Waals surface area contributed by atoms with Gasteiger partial charge in [-0.15, -0.1) is 12.4 Å². The number of aromatic nitrogens is 1. The fraction of sp³-hybridized carbons (Fsp3) is 0.615. The summed E-state index contributed by atoms with van der Waals surface area (Å²) in [6.07, 6.45) is -2.31. The molecule has 2 heterocycles. The maximum Gasteiger partial charge on any atom is 0.433 e. The molecular formula is C13H19ClF3N3O2S. The first-order valence-electron chi connectivity index (χ1n) is 6.91. The van der Waals surface area contributed by atoms with Crippen molar-refractivity contribution in [2.24, 2.45) is 11.7 Å². The maximum absolute atomic E-state index is 12.5. The second-order valence-corrected chi connectivity index (χ2v) is 7.44. The molecule has 0 saturated carbocycles. The Morgan fingerprint density at radius 1 is 1.39 bits per heavy atom. The average molecular weight is 374 g/mol. The van der Waals surface area contributed by atoms with Gasteiger partial charge in [0.15, 0.2) is 0 Å². The Morgan fingerprint density at radius 2 is 2.04 bits per heavy atom. The minimum atomic E-state index is -4.59. The quantitative estimate of drug-likeness (QED) is 0.881. The number of rotatable bonds is 3. The summed E-state index contributed by atoms with van der Waals surface area (Å²) in [5.74, 6) is 0.0472. The number of hydrogen-bond acceptors (Lipinski definition) is 4. The zero-order valence-electron chi connectivity index (χ0n) is 12.5. The van der Waals surface area contributed by atoms with Gasteiger partial charge in [0, 0.05) is 25.3 Å². The van der Waals surface area contributed by atoms with Crippen LogP contribution in [-0.2, 0) is 16.2 Å². The molecule has 1 aromatic rings. The molecule has 1 saturated heterocycles. The number of alkyl halides is 3. The smallest absolute Gasteiger partial charge is 0.328 e. The molecule has 0 aromatic carbocycles. The number of pyridine rings is 1. The van der Waals surface area contributed by atoms with Gasteiger partial charge in [0.2, 0.25) is 10.0 Å². The Balaban J connectivity index is 0.00000264. The number of piperidine rings is 1. The predicted octanol–water partition coefficient (Wildman–Crippen LogP) is 2.27. The summed E-state index contributed by atoms with van der Waals surface area (Å²) in [6.45, 7) is 2.44. The van der Waals surface area contributed by atoms with Crippen LogP contribution in [0.2, 0.25) is 0 Å². The highest BCUT2D eigenvalue weighted by atomic mass is 35.5. The van der Waals surface area contributed by atoms with Crippen LogP contribution >= 0.6 is 12.4 Å². The molecule has 0 aliphatic carbocycles. The molecule has 0 bridgehead atoms. The highest BCUT2D eigenvalue weighted by Crippen LogP contribution is 2.29. The van der Waals surface area contributed by atoms with E-state index in [9.17, 15) is 21.6 Å². The lowest BCUT2D eigenvalue weighted by molar-refractivity contribution is -0.141. The molecule has 1 fully saturated rings. The van der Waals surface area contributed by atoms with E-state index in [1.54, 1.807) is 0 Å². The predicted molar refractivity (Wildman–Crippen MR) is 81.6 cm³/mol. The van der Waals surface area contributed by atoms with E-state index in [-0.39, 0.29) is 35.8 Å². The summed E-state index contributed by atoms with van der Waals surface area (Å²) in [4.78, 5) is 2.98. The van der Waals surface area contributed by atoms with Crippen molar-refractivity contribution in [1.82, 2.24) is 9.29 Å². The van der Waals surface area contributed by atoms with Gasteiger partial charge in [0.1, 0.15) is 10.6 Å². The van der Waals surface area contributed by atoms with E-state index in [1.807, 2.05) is 6.92 Å². The van der Waals surface area contributed by atoms with Crippen molar-refractivity contribution in [3.8, 4) is 0 Å². The molecular weight excluding hydrogens is 355 g/mol. The molecule has 2 rings (SSSR count). The lowest BCUT2D eigenvalue weighted by atomic mass is 9.93. The third-order valence-electron chi connectivity index (χ3n) is 3.83. The van der Waals surface area contributed by atoms with Gasteiger partial charge in [-0.3, -0.25) is 4.98 Å². The number of sulfonamides is 1. The fourth-order valence-corrected chi connectivity index (χ4v) is 3.95. The third-order valence-corrected chi connectivity index (χ3v) is 5.68. The molecule has 2 N–H and O–H groups in total. The monoisotopic (exact) mass is 373 g/mol. The fourth-order valence-electron chi connectivity index (χ4n) is 2.47. The Labute approximate surface area is 139 Å². The molecule has 23 heavy (non-hydrogen) atoms. The standard InChI is InChI=1S/C13H18F3N3O2S.ClH/c1-9(17)10-3-2-6-19(8-10)22(20,21)11-4-5-12(18-7-11)13(14,15)16;/h4-5,7,9-10H,2-3,6,8,17H2,1H3;1H. The third kappa shape index (κ3) is 4.56. The van der Waals surface area contributed by atoms with Crippen molar-refractivity contribution < 1.29 is 21.6 Å². The second-order valence-electron chi connectivity index (χ2n) is 5.50. The number of hydrogen-bond donors (Lipinski definition) is 1. The van der Waals surface area contributed by atoms with Gasteiger partial charge in [0.05, 0.1) is 0 Å². The van der Waals surface area contributed by atoms with E-state index >= 15 is 0 Å². The molecule has 10 heteroatoms. The average Bonchev–Trinajstić information content (AvgIpc) is 2.46. The van der Waals surface area contributed by atoms with Crippen molar-refractivity contribution in [3.63, 3.8) is 0 Å². The summed E-state index contributed by atoms with van der Waals surface area (Å²) in [5.41, 5.74) is 4.71. The summed E-state index contributed by atoms with van der Waals surface area (Å²) >= 11 is 0. The van der Waals surface area contributed by atoms with E-state index < -0.39 is 21.9 Å².